The van der Waals surface area contributed by atoms with Crippen LogP contribution in [0.3, 0.4) is 0 Å². The highest BCUT2D eigenvalue weighted by Crippen LogP contribution is 2.24. The maximum Gasteiger partial charge on any atom is 0.326 e. The van der Waals surface area contributed by atoms with Gasteiger partial charge in [-0.25, -0.2) is 4.79 Å². The molecule has 0 fully saturated rings. The van der Waals surface area contributed by atoms with Gasteiger partial charge in [-0.2, -0.15) is 10.2 Å². The summed E-state index contributed by atoms with van der Waals surface area (Å²) in [5, 5.41) is 16.7. The second kappa shape index (κ2) is 5.32. The minimum atomic E-state index is -1.00. The molecule has 0 radical (unpaired) electrons. The van der Waals surface area contributed by atoms with E-state index in [0.717, 1.165) is 11.1 Å². The van der Waals surface area contributed by atoms with Crippen molar-refractivity contribution in [2.75, 3.05) is 0 Å². The van der Waals surface area contributed by atoms with E-state index >= 15 is 0 Å². The van der Waals surface area contributed by atoms with Gasteiger partial charge in [-0.05, 0) is 17.2 Å². The lowest BCUT2D eigenvalue weighted by Gasteiger charge is -2.34. The number of hydrogen-bond acceptors (Lipinski definition) is 4. The van der Waals surface area contributed by atoms with Crippen LogP contribution in [0.25, 0.3) is 0 Å². The second-order valence-corrected chi connectivity index (χ2v) is 4.89. The van der Waals surface area contributed by atoms with Gasteiger partial charge in [-0.3, -0.25) is 4.79 Å². The molecule has 0 saturated carbocycles. The van der Waals surface area contributed by atoms with Gasteiger partial charge in [0.05, 0.1) is 18.0 Å². The summed E-state index contributed by atoms with van der Waals surface area (Å²) in [4.78, 5) is 25.4. The first-order valence-electron chi connectivity index (χ1n) is 6.54. The van der Waals surface area contributed by atoms with Gasteiger partial charge in [0.2, 0.25) is 0 Å². The molecule has 0 unspecified atom stereocenters. The number of amides is 1. The molecule has 21 heavy (non-hydrogen) atoms. The Morgan fingerprint density at radius 3 is 2.57 bits per heavy atom. The van der Waals surface area contributed by atoms with Crippen LogP contribution in [0.2, 0.25) is 0 Å². The van der Waals surface area contributed by atoms with Crippen molar-refractivity contribution < 1.29 is 14.7 Å². The van der Waals surface area contributed by atoms with E-state index < -0.39 is 12.0 Å². The zero-order chi connectivity index (χ0) is 14.8. The molecule has 6 nitrogen and oxygen atoms in total. The highest BCUT2D eigenvalue weighted by molar-refractivity contribution is 5.96. The molecule has 0 saturated heterocycles. The average Bonchev–Trinajstić information content (AvgIpc) is 2.53. The zero-order valence-corrected chi connectivity index (χ0v) is 11.1. The molecule has 1 aliphatic heterocycles. The monoisotopic (exact) mass is 283 g/mol. The van der Waals surface area contributed by atoms with Gasteiger partial charge in [0, 0.05) is 13.0 Å². The van der Waals surface area contributed by atoms with E-state index in [0.29, 0.717) is 12.0 Å². The van der Waals surface area contributed by atoms with Crippen LogP contribution in [0.15, 0.2) is 42.7 Å². The number of aromatic nitrogens is 2. The van der Waals surface area contributed by atoms with Gasteiger partial charge in [-0.15, -0.1) is 0 Å². The summed E-state index contributed by atoms with van der Waals surface area (Å²) >= 11 is 0. The highest BCUT2D eigenvalue weighted by atomic mass is 16.4. The quantitative estimate of drug-likeness (QED) is 0.893. The number of benzene rings is 1. The number of carboxylic acid groups (broad SMARTS) is 1. The number of carbonyl (C=O) groups excluding carboxylic acids is 1. The molecule has 1 amide bonds. The van der Waals surface area contributed by atoms with Crippen LogP contribution >= 0.6 is 0 Å². The van der Waals surface area contributed by atoms with Crippen LogP contribution < -0.4 is 0 Å². The lowest BCUT2D eigenvalue weighted by atomic mass is 9.93. The van der Waals surface area contributed by atoms with Crippen LogP contribution in [0.4, 0.5) is 0 Å². The highest BCUT2D eigenvalue weighted by Gasteiger charge is 2.34. The molecule has 0 aliphatic carbocycles. The molecule has 106 valence electrons. The third kappa shape index (κ3) is 2.47. The van der Waals surface area contributed by atoms with Crippen molar-refractivity contribution in [3.05, 3.63) is 59.4 Å². The standard InChI is InChI=1S/C15H13N3O3/c19-14(11-5-6-16-17-8-11)18-9-12-4-2-1-3-10(12)7-13(18)15(20)21/h1-6,8,13H,7,9H2,(H,20,21)/t13-/m0/s1. The molecule has 6 heteroatoms. The van der Waals surface area contributed by atoms with Gasteiger partial charge in [0.25, 0.3) is 5.91 Å². The van der Waals surface area contributed by atoms with Gasteiger partial charge in [0.15, 0.2) is 0 Å². The number of carboxylic acids is 1. The SMILES string of the molecule is O=C(O)[C@@H]1Cc2ccccc2CN1C(=O)c1ccnnc1. The van der Waals surface area contributed by atoms with Crippen molar-refractivity contribution >= 4 is 11.9 Å². The van der Waals surface area contributed by atoms with Gasteiger partial charge >= 0.3 is 5.97 Å². The Balaban J connectivity index is 1.96. The maximum atomic E-state index is 12.5. The largest absolute Gasteiger partial charge is 0.480 e. The number of carbonyl (C=O) groups is 2. The summed E-state index contributed by atoms with van der Waals surface area (Å²) in [7, 11) is 0. The number of rotatable bonds is 2. The lowest BCUT2D eigenvalue weighted by molar-refractivity contribution is -0.142. The summed E-state index contributed by atoms with van der Waals surface area (Å²) in [5.74, 6) is -1.34. The summed E-state index contributed by atoms with van der Waals surface area (Å²) in [5.41, 5.74) is 2.29. The third-order valence-electron chi connectivity index (χ3n) is 3.63. The Hall–Kier alpha value is -2.76. The van der Waals surface area contributed by atoms with Crippen LogP contribution in [-0.4, -0.2) is 38.1 Å². The fraction of sp³-hybridized carbons (Fsp3) is 0.200. The van der Waals surface area contributed by atoms with Gasteiger partial charge in [-0.1, -0.05) is 24.3 Å². The molecular weight excluding hydrogens is 270 g/mol. The summed E-state index contributed by atoms with van der Waals surface area (Å²) in [6.45, 7) is 0.286. The Morgan fingerprint density at radius 2 is 1.90 bits per heavy atom. The molecule has 1 aromatic carbocycles. The van der Waals surface area contributed by atoms with Crippen molar-refractivity contribution in [2.45, 2.75) is 19.0 Å². The van der Waals surface area contributed by atoms with Gasteiger partial charge < -0.3 is 10.0 Å². The Labute approximate surface area is 121 Å². The first-order chi connectivity index (χ1) is 10.2. The van der Waals surface area contributed by atoms with E-state index in [9.17, 15) is 14.7 Å². The minimum Gasteiger partial charge on any atom is -0.480 e. The van der Waals surface area contributed by atoms with Crippen molar-refractivity contribution in [1.29, 1.82) is 0 Å². The molecule has 2 heterocycles. The molecular formula is C15H13N3O3. The molecule has 1 N–H and O–H groups in total. The third-order valence-corrected chi connectivity index (χ3v) is 3.63. The first kappa shape index (κ1) is 13.2. The van der Waals surface area contributed by atoms with Crippen LogP contribution in [0.1, 0.15) is 21.5 Å². The summed E-state index contributed by atoms with van der Waals surface area (Å²) in [6, 6.07) is 8.26. The zero-order valence-electron chi connectivity index (χ0n) is 11.1. The summed E-state index contributed by atoms with van der Waals surface area (Å²) < 4.78 is 0. The van der Waals surface area contributed by atoms with E-state index in [-0.39, 0.29) is 12.5 Å². The van der Waals surface area contributed by atoms with E-state index in [4.69, 9.17) is 0 Å². The molecule has 1 aromatic heterocycles. The van der Waals surface area contributed by atoms with Gasteiger partial charge in [0.1, 0.15) is 6.04 Å². The smallest absolute Gasteiger partial charge is 0.326 e. The van der Waals surface area contributed by atoms with Crippen LogP contribution in [0.5, 0.6) is 0 Å². The molecule has 2 aromatic rings. The Bertz CT molecular complexity index is 688. The summed E-state index contributed by atoms with van der Waals surface area (Å²) in [6.07, 6.45) is 3.08. The van der Waals surface area contributed by atoms with Crippen molar-refractivity contribution in [3.63, 3.8) is 0 Å². The van der Waals surface area contributed by atoms with E-state index in [1.165, 1.54) is 23.4 Å². The maximum absolute atomic E-state index is 12.5. The number of hydrogen-bond donors (Lipinski definition) is 1. The predicted molar refractivity (Wildman–Crippen MR) is 73.5 cm³/mol. The molecule has 3 rings (SSSR count). The number of fused-ring (bicyclic) bond motifs is 1. The lowest BCUT2D eigenvalue weighted by Crippen LogP contribution is -2.48. The van der Waals surface area contributed by atoms with E-state index in [1.54, 1.807) is 0 Å². The molecule has 0 spiro atoms. The molecule has 1 atom stereocenters. The predicted octanol–water partition coefficient (Wildman–Crippen LogP) is 1.13. The Kier molecular flexibility index (Phi) is 3.35. The fourth-order valence-corrected chi connectivity index (χ4v) is 2.54. The average molecular weight is 283 g/mol. The van der Waals surface area contributed by atoms with Crippen LogP contribution in [-0.2, 0) is 17.8 Å². The molecule has 1 aliphatic rings. The number of aliphatic carboxylic acids is 1. The Morgan fingerprint density at radius 1 is 1.14 bits per heavy atom. The minimum absolute atomic E-state index is 0.286. The normalized spacial score (nSPS) is 17.1. The topological polar surface area (TPSA) is 83.4 Å². The van der Waals surface area contributed by atoms with Crippen molar-refractivity contribution in [3.8, 4) is 0 Å². The second-order valence-electron chi connectivity index (χ2n) is 4.89. The fourth-order valence-electron chi connectivity index (χ4n) is 2.54. The van der Waals surface area contributed by atoms with E-state index in [2.05, 4.69) is 10.2 Å². The van der Waals surface area contributed by atoms with Crippen molar-refractivity contribution in [1.82, 2.24) is 15.1 Å². The first-order valence-corrected chi connectivity index (χ1v) is 6.54. The van der Waals surface area contributed by atoms with E-state index in [1.807, 2.05) is 24.3 Å². The van der Waals surface area contributed by atoms with Crippen LogP contribution in [0, 0.1) is 0 Å². The number of nitrogens with zero attached hydrogens (tertiary/aromatic N) is 3. The molecule has 0 bridgehead atoms. The van der Waals surface area contributed by atoms with Crippen molar-refractivity contribution in [2.24, 2.45) is 0 Å².